The summed E-state index contributed by atoms with van der Waals surface area (Å²) >= 11 is 0. The standard InChI is InChI=1S/C14H20FNO/c1-10(16-13-3-2-4-14(13)17)9-11-5-7-12(15)8-6-11/h5-8,10,13-14,16-17H,2-4,9H2,1H3/t10?,13-,14-/m1/s1. The maximum Gasteiger partial charge on any atom is 0.123 e. The zero-order valence-electron chi connectivity index (χ0n) is 10.2. The maximum atomic E-state index is 12.8. The molecule has 1 fully saturated rings. The lowest BCUT2D eigenvalue weighted by Crippen LogP contribution is -2.42. The Hall–Kier alpha value is -0.930. The first-order valence-corrected chi connectivity index (χ1v) is 6.33. The normalized spacial score (nSPS) is 26.1. The second kappa shape index (κ2) is 5.61. The molecule has 0 amide bonds. The largest absolute Gasteiger partial charge is 0.392 e. The molecule has 3 heteroatoms. The van der Waals surface area contributed by atoms with Crippen molar-refractivity contribution in [2.75, 3.05) is 0 Å². The Morgan fingerprint density at radius 3 is 2.65 bits per heavy atom. The Morgan fingerprint density at radius 2 is 2.06 bits per heavy atom. The SMILES string of the molecule is CC(Cc1ccc(F)cc1)N[C@@H]1CCC[C@H]1O. The third-order valence-electron chi connectivity index (χ3n) is 3.43. The zero-order chi connectivity index (χ0) is 12.3. The minimum atomic E-state index is -0.203. The highest BCUT2D eigenvalue weighted by Crippen LogP contribution is 2.19. The van der Waals surface area contributed by atoms with Crippen LogP contribution in [0, 0.1) is 5.82 Å². The van der Waals surface area contributed by atoms with Crippen LogP contribution in [0.1, 0.15) is 31.7 Å². The van der Waals surface area contributed by atoms with Crippen LogP contribution in [0.4, 0.5) is 4.39 Å². The van der Waals surface area contributed by atoms with E-state index in [2.05, 4.69) is 12.2 Å². The predicted molar refractivity (Wildman–Crippen MR) is 66.3 cm³/mol. The van der Waals surface area contributed by atoms with Crippen molar-refractivity contribution >= 4 is 0 Å². The molecule has 0 aromatic heterocycles. The summed E-state index contributed by atoms with van der Waals surface area (Å²) in [5, 5.41) is 13.2. The molecular formula is C14H20FNO. The van der Waals surface area contributed by atoms with Gasteiger partial charge in [-0.2, -0.15) is 0 Å². The van der Waals surface area contributed by atoms with E-state index in [1.807, 2.05) is 12.1 Å². The Labute approximate surface area is 102 Å². The first-order chi connectivity index (χ1) is 8.15. The van der Waals surface area contributed by atoms with Crippen molar-refractivity contribution in [3.8, 4) is 0 Å². The van der Waals surface area contributed by atoms with Crippen LogP contribution in [0.3, 0.4) is 0 Å². The van der Waals surface area contributed by atoms with Gasteiger partial charge in [0.05, 0.1) is 6.10 Å². The van der Waals surface area contributed by atoms with Crippen molar-refractivity contribution in [1.82, 2.24) is 5.32 Å². The van der Waals surface area contributed by atoms with Gasteiger partial charge in [0.15, 0.2) is 0 Å². The van der Waals surface area contributed by atoms with Crippen LogP contribution in [0.2, 0.25) is 0 Å². The first-order valence-electron chi connectivity index (χ1n) is 6.33. The van der Waals surface area contributed by atoms with Crippen LogP contribution in [0.5, 0.6) is 0 Å². The smallest absolute Gasteiger partial charge is 0.123 e. The summed E-state index contributed by atoms with van der Waals surface area (Å²) in [6, 6.07) is 7.15. The van der Waals surface area contributed by atoms with Crippen molar-refractivity contribution < 1.29 is 9.50 Å². The molecular weight excluding hydrogens is 217 g/mol. The molecule has 0 heterocycles. The second-order valence-corrected chi connectivity index (χ2v) is 5.00. The molecule has 1 aromatic rings. The fourth-order valence-electron chi connectivity index (χ4n) is 2.53. The lowest BCUT2D eigenvalue weighted by molar-refractivity contribution is 0.144. The summed E-state index contributed by atoms with van der Waals surface area (Å²) in [6.45, 7) is 2.11. The van der Waals surface area contributed by atoms with Gasteiger partial charge in [-0.1, -0.05) is 12.1 Å². The Bertz CT molecular complexity index is 352. The van der Waals surface area contributed by atoms with Crippen LogP contribution in [0.15, 0.2) is 24.3 Å². The molecule has 2 rings (SSSR count). The van der Waals surface area contributed by atoms with Gasteiger partial charge in [0.1, 0.15) is 5.82 Å². The van der Waals surface area contributed by atoms with E-state index in [0.29, 0.717) is 6.04 Å². The molecule has 2 nitrogen and oxygen atoms in total. The monoisotopic (exact) mass is 237 g/mol. The Balaban J connectivity index is 1.84. The van der Waals surface area contributed by atoms with Crippen molar-refractivity contribution in [2.45, 2.75) is 50.8 Å². The fourth-order valence-corrected chi connectivity index (χ4v) is 2.53. The summed E-state index contributed by atoms with van der Waals surface area (Å²) in [5.41, 5.74) is 1.12. The molecule has 0 saturated heterocycles. The molecule has 17 heavy (non-hydrogen) atoms. The average Bonchev–Trinajstić information content (AvgIpc) is 2.68. The van der Waals surface area contributed by atoms with Crippen LogP contribution >= 0.6 is 0 Å². The third kappa shape index (κ3) is 3.51. The van der Waals surface area contributed by atoms with Gasteiger partial charge in [0.2, 0.25) is 0 Å². The van der Waals surface area contributed by atoms with Gasteiger partial charge in [-0.25, -0.2) is 4.39 Å². The topological polar surface area (TPSA) is 32.3 Å². The number of halogens is 1. The number of hydrogen-bond donors (Lipinski definition) is 2. The second-order valence-electron chi connectivity index (χ2n) is 5.00. The van der Waals surface area contributed by atoms with Crippen LogP contribution in [-0.4, -0.2) is 23.3 Å². The minimum absolute atomic E-state index is 0.194. The Kier molecular flexibility index (Phi) is 4.13. The van der Waals surface area contributed by atoms with E-state index in [1.165, 1.54) is 12.1 Å². The highest BCUT2D eigenvalue weighted by molar-refractivity contribution is 5.17. The van der Waals surface area contributed by atoms with Crippen molar-refractivity contribution in [3.63, 3.8) is 0 Å². The number of aliphatic hydroxyl groups excluding tert-OH is 1. The summed E-state index contributed by atoms with van der Waals surface area (Å²) in [5.74, 6) is -0.194. The molecule has 0 aliphatic heterocycles. The third-order valence-corrected chi connectivity index (χ3v) is 3.43. The average molecular weight is 237 g/mol. The molecule has 2 N–H and O–H groups in total. The van der Waals surface area contributed by atoms with E-state index in [1.54, 1.807) is 0 Å². The fraction of sp³-hybridized carbons (Fsp3) is 0.571. The molecule has 1 aliphatic carbocycles. The zero-order valence-corrected chi connectivity index (χ0v) is 10.2. The molecule has 1 aliphatic rings. The van der Waals surface area contributed by atoms with Crippen molar-refractivity contribution in [3.05, 3.63) is 35.6 Å². The van der Waals surface area contributed by atoms with Crippen LogP contribution in [0.25, 0.3) is 0 Å². The highest BCUT2D eigenvalue weighted by Gasteiger charge is 2.25. The molecule has 1 saturated carbocycles. The van der Waals surface area contributed by atoms with Gasteiger partial charge < -0.3 is 10.4 Å². The summed E-state index contributed by atoms with van der Waals surface area (Å²) in [4.78, 5) is 0. The molecule has 1 aromatic carbocycles. The predicted octanol–water partition coefficient (Wildman–Crippen LogP) is 2.26. The number of rotatable bonds is 4. The van der Waals surface area contributed by atoms with E-state index in [-0.39, 0.29) is 18.0 Å². The lowest BCUT2D eigenvalue weighted by Gasteiger charge is -2.22. The first kappa shape index (κ1) is 12.5. The van der Waals surface area contributed by atoms with E-state index < -0.39 is 0 Å². The van der Waals surface area contributed by atoms with Gasteiger partial charge in [0.25, 0.3) is 0 Å². The summed E-state index contributed by atoms with van der Waals surface area (Å²) < 4.78 is 12.8. The van der Waals surface area contributed by atoms with Crippen LogP contribution in [-0.2, 0) is 6.42 Å². The molecule has 1 unspecified atom stereocenters. The molecule has 0 spiro atoms. The maximum absolute atomic E-state index is 12.8. The molecule has 0 bridgehead atoms. The molecule has 0 radical (unpaired) electrons. The van der Waals surface area contributed by atoms with Crippen molar-refractivity contribution in [2.24, 2.45) is 0 Å². The number of nitrogens with one attached hydrogen (secondary N) is 1. The van der Waals surface area contributed by atoms with Gasteiger partial charge >= 0.3 is 0 Å². The molecule has 94 valence electrons. The van der Waals surface area contributed by atoms with Gasteiger partial charge in [-0.3, -0.25) is 0 Å². The summed E-state index contributed by atoms with van der Waals surface area (Å²) in [6.07, 6.45) is 3.72. The van der Waals surface area contributed by atoms with E-state index in [0.717, 1.165) is 31.2 Å². The summed E-state index contributed by atoms with van der Waals surface area (Å²) in [7, 11) is 0. The Morgan fingerprint density at radius 1 is 1.35 bits per heavy atom. The number of hydrogen-bond acceptors (Lipinski definition) is 2. The van der Waals surface area contributed by atoms with E-state index in [4.69, 9.17) is 0 Å². The number of benzene rings is 1. The van der Waals surface area contributed by atoms with Gasteiger partial charge in [-0.15, -0.1) is 0 Å². The van der Waals surface area contributed by atoms with Gasteiger partial charge in [0, 0.05) is 12.1 Å². The van der Waals surface area contributed by atoms with Crippen LogP contribution < -0.4 is 5.32 Å². The lowest BCUT2D eigenvalue weighted by atomic mass is 10.1. The van der Waals surface area contributed by atoms with Crippen molar-refractivity contribution in [1.29, 1.82) is 0 Å². The minimum Gasteiger partial charge on any atom is -0.392 e. The van der Waals surface area contributed by atoms with Gasteiger partial charge in [-0.05, 0) is 50.3 Å². The highest BCUT2D eigenvalue weighted by atomic mass is 19.1. The quantitative estimate of drug-likeness (QED) is 0.842. The number of aliphatic hydroxyl groups is 1. The van der Waals surface area contributed by atoms with E-state index >= 15 is 0 Å². The van der Waals surface area contributed by atoms with E-state index in [9.17, 15) is 9.50 Å². The molecule has 3 atom stereocenters.